The summed E-state index contributed by atoms with van der Waals surface area (Å²) < 4.78 is 29.0. The van der Waals surface area contributed by atoms with Crippen LogP contribution in [0.4, 0.5) is 13.2 Å². The summed E-state index contributed by atoms with van der Waals surface area (Å²) in [5.41, 5.74) is 5.16. The fourth-order valence-electron chi connectivity index (χ4n) is 1.10. The van der Waals surface area contributed by atoms with Gasteiger partial charge in [-0.15, -0.1) is 0 Å². The van der Waals surface area contributed by atoms with Crippen LogP contribution in [0.5, 0.6) is 0 Å². The molecule has 3 nitrogen and oxygen atoms in total. The Hall–Kier alpha value is -0.780. The zero-order valence-corrected chi connectivity index (χ0v) is 9.18. The average molecular weight is 228 g/mol. The topological polar surface area (TPSA) is 46.3 Å². The van der Waals surface area contributed by atoms with E-state index in [4.69, 9.17) is 5.73 Å². The van der Waals surface area contributed by atoms with E-state index in [1.807, 2.05) is 18.7 Å². The van der Waals surface area contributed by atoms with Crippen molar-refractivity contribution in [2.75, 3.05) is 19.6 Å². The second-order valence-electron chi connectivity index (χ2n) is 2.54. The molecule has 92 valence electrons. The third kappa shape index (κ3) is 11.1. The molecular weight excluding hydrogens is 209 g/mol. The maximum atomic E-state index is 10.8. The van der Waals surface area contributed by atoms with Gasteiger partial charge >= 0.3 is 6.68 Å². The lowest BCUT2D eigenvalue weighted by Crippen LogP contribution is -2.33. The third-order valence-electron chi connectivity index (χ3n) is 1.63. The van der Waals surface area contributed by atoms with E-state index >= 15 is 0 Å². The second kappa shape index (κ2) is 11.3. The highest BCUT2D eigenvalue weighted by molar-refractivity contribution is 5.78. The molecule has 1 heterocycles. The summed E-state index contributed by atoms with van der Waals surface area (Å²) in [6.07, 6.45) is 2.29. The molecule has 2 N–H and O–H groups in total. The standard InChI is InChI=1S/C6H12N2O.C2H6.CHF3/c7-5-6(9)8-3-1-2-4-8;1-2;2-1(3)4/h1-5,7H2;1-2H3;1H. The van der Waals surface area contributed by atoms with Crippen LogP contribution in [0.2, 0.25) is 0 Å². The van der Waals surface area contributed by atoms with Crippen molar-refractivity contribution < 1.29 is 18.0 Å². The van der Waals surface area contributed by atoms with Gasteiger partial charge in [0.25, 0.3) is 0 Å². The SMILES string of the molecule is CC.FC(F)F.NCC(=O)N1CCCC1. The van der Waals surface area contributed by atoms with E-state index < -0.39 is 6.68 Å². The van der Waals surface area contributed by atoms with Gasteiger partial charge in [0.05, 0.1) is 6.54 Å². The van der Waals surface area contributed by atoms with Crippen LogP contribution in [0, 0.1) is 0 Å². The molecule has 1 fully saturated rings. The van der Waals surface area contributed by atoms with E-state index in [1.165, 1.54) is 0 Å². The van der Waals surface area contributed by atoms with Gasteiger partial charge in [-0.25, -0.2) is 0 Å². The molecular formula is C9H19F3N2O. The first-order valence-corrected chi connectivity index (χ1v) is 4.98. The van der Waals surface area contributed by atoms with E-state index in [0.29, 0.717) is 0 Å². The highest BCUT2D eigenvalue weighted by atomic mass is 19.4. The molecule has 15 heavy (non-hydrogen) atoms. The fourth-order valence-corrected chi connectivity index (χ4v) is 1.10. The molecule has 0 aromatic carbocycles. The number of amides is 1. The smallest absolute Gasteiger partial charge is 0.342 e. The minimum Gasteiger partial charge on any atom is -0.342 e. The molecule has 6 heteroatoms. The molecule has 0 aromatic rings. The quantitative estimate of drug-likeness (QED) is 0.743. The first-order chi connectivity index (χ1) is 7.07. The van der Waals surface area contributed by atoms with Crippen molar-refractivity contribution in [2.45, 2.75) is 33.4 Å². The van der Waals surface area contributed by atoms with Crippen molar-refractivity contribution in [3.63, 3.8) is 0 Å². The molecule has 1 rings (SSSR count). The Bertz CT molecular complexity index is 148. The van der Waals surface area contributed by atoms with E-state index in [2.05, 4.69) is 0 Å². The van der Waals surface area contributed by atoms with Gasteiger partial charge in [-0.05, 0) is 12.8 Å². The highest BCUT2D eigenvalue weighted by Crippen LogP contribution is 2.05. The van der Waals surface area contributed by atoms with Crippen molar-refractivity contribution in [1.82, 2.24) is 4.90 Å². The molecule has 0 aliphatic carbocycles. The number of rotatable bonds is 1. The molecule has 0 aromatic heterocycles. The molecule has 0 saturated carbocycles. The summed E-state index contributed by atoms with van der Waals surface area (Å²) in [5, 5.41) is 0. The van der Waals surface area contributed by atoms with Crippen LogP contribution in [0.25, 0.3) is 0 Å². The number of alkyl halides is 3. The minimum atomic E-state index is -3.67. The first-order valence-electron chi connectivity index (χ1n) is 4.98. The number of nitrogens with zero attached hydrogens (tertiary/aromatic N) is 1. The van der Waals surface area contributed by atoms with Gasteiger partial charge in [0, 0.05) is 13.1 Å². The summed E-state index contributed by atoms with van der Waals surface area (Å²) in [6.45, 7) is 2.33. The Kier molecular flexibility index (Phi) is 12.5. The van der Waals surface area contributed by atoms with Crippen LogP contribution in [0.15, 0.2) is 0 Å². The Morgan fingerprint density at radius 1 is 1.27 bits per heavy atom. The second-order valence-corrected chi connectivity index (χ2v) is 2.54. The third-order valence-corrected chi connectivity index (χ3v) is 1.63. The lowest BCUT2D eigenvalue weighted by Gasteiger charge is -2.12. The lowest BCUT2D eigenvalue weighted by atomic mass is 10.4. The summed E-state index contributed by atoms with van der Waals surface area (Å²) >= 11 is 0. The number of hydrogen-bond acceptors (Lipinski definition) is 2. The summed E-state index contributed by atoms with van der Waals surface area (Å²) in [4.78, 5) is 12.6. The lowest BCUT2D eigenvalue weighted by molar-refractivity contribution is -0.128. The number of carbonyl (C=O) groups excluding carboxylic acids is 1. The number of hydrogen-bond donors (Lipinski definition) is 1. The van der Waals surface area contributed by atoms with Gasteiger partial charge in [-0.3, -0.25) is 4.79 Å². The van der Waals surface area contributed by atoms with Gasteiger partial charge < -0.3 is 10.6 Å². The van der Waals surface area contributed by atoms with Crippen LogP contribution in [-0.2, 0) is 4.79 Å². The largest absolute Gasteiger partial charge is 0.379 e. The molecule has 1 saturated heterocycles. The van der Waals surface area contributed by atoms with E-state index in [1.54, 1.807) is 0 Å². The predicted octanol–water partition coefficient (Wildman–Crippen LogP) is 1.77. The monoisotopic (exact) mass is 228 g/mol. The number of carbonyl (C=O) groups is 1. The maximum absolute atomic E-state index is 10.8. The molecule has 0 atom stereocenters. The first kappa shape index (κ1) is 16.6. The molecule has 1 aliphatic rings. The van der Waals surface area contributed by atoms with Crippen molar-refractivity contribution in [3.8, 4) is 0 Å². The fraction of sp³-hybridized carbons (Fsp3) is 0.889. The van der Waals surface area contributed by atoms with Gasteiger partial charge in [0.1, 0.15) is 0 Å². The van der Waals surface area contributed by atoms with Crippen molar-refractivity contribution in [3.05, 3.63) is 0 Å². The van der Waals surface area contributed by atoms with Crippen LogP contribution in [0.1, 0.15) is 26.7 Å². The van der Waals surface area contributed by atoms with Crippen molar-refractivity contribution in [2.24, 2.45) is 5.73 Å². The average Bonchev–Trinajstić information content (AvgIpc) is 2.72. The zero-order valence-electron chi connectivity index (χ0n) is 9.18. The van der Waals surface area contributed by atoms with Gasteiger partial charge in [0.15, 0.2) is 0 Å². The van der Waals surface area contributed by atoms with Crippen molar-refractivity contribution >= 4 is 5.91 Å². The van der Waals surface area contributed by atoms with Crippen LogP contribution in [-0.4, -0.2) is 37.1 Å². The van der Waals surface area contributed by atoms with E-state index in [0.717, 1.165) is 25.9 Å². The highest BCUT2D eigenvalue weighted by Gasteiger charge is 2.15. The summed E-state index contributed by atoms with van der Waals surface area (Å²) in [5.74, 6) is 0.0903. The maximum Gasteiger partial charge on any atom is 0.379 e. The Balaban J connectivity index is 0. The summed E-state index contributed by atoms with van der Waals surface area (Å²) in [7, 11) is 0. The summed E-state index contributed by atoms with van der Waals surface area (Å²) in [6, 6.07) is 0. The Morgan fingerprint density at radius 2 is 1.60 bits per heavy atom. The molecule has 0 spiro atoms. The van der Waals surface area contributed by atoms with E-state index in [9.17, 15) is 18.0 Å². The molecule has 0 unspecified atom stereocenters. The van der Waals surface area contributed by atoms with Crippen LogP contribution < -0.4 is 5.73 Å². The number of nitrogens with two attached hydrogens (primary N) is 1. The van der Waals surface area contributed by atoms with Gasteiger partial charge in [-0.1, -0.05) is 13.8 Å². The molecule has 1 amide bonds. The normalized spacial score (nSPS) is 13.9. The minimum absolute atomic E-state index is 0.0903. The zero-order chi connectivity index (χ0) is 12.3. The number of likely N-dealkylation sites (tertiary alicyclic amines) is 1. The van der Waals surface area contributed by atoms with Gasteiger partial charge in [-0.2, -0.15) is 13.2 Å². The van der Waals surface area contributed by atoms with Crippen molar-refractivity contribution in [1.29, 1.82) is 0 Å². The van der Waals surface area contributed by atoms with Crippen LogP contribution >= 0.6 is 0 Å². The predicted molar refractivity (Wildman–Crippen MR) is 53.3 cm³/mol. The van der Waals surface area contributed by atoms with Crippen LogP contribution in [0.3, 0.4) is 0 Å². The van der Waals surface area contributed by atoms with E-state index in [-0.39, 0.29) is 12.5 Å². The Labute approximate surface area is 88.4 Å². The number of halogens is 3. The molecule has 0 bridgehead atoms. The Morgan fingerprint density at radius 3 is 1.87 bits per heavy atom. The van der Waals surface area contributed by atoms with Gasteiger partial charge in [0.2, 0.25) is 5.91 Å². The molecule has 1 aliphatic heterocycles. The molecule has 0 radical (unpaired) electrons.